The van der Waals surface area contributed by atoms with Gasteiger partial charge in [-0.15, -0.1) is 10.2 Å². The van der Waals surface area contributed by atoms with Crippen LogP contribution in [0.4, 0.5) is 5.13 Å². The summed E-state index contributed by atoms with van der Waals surface area (Å²) < 4.78 is 5.17. The maximum absolute atomic E-state index is 12.2. The third kappa shape index (κ3) is 8.19. The van der Waals surface area contributed by atoms with Crippen LogP contribution in [0.1, 0.15) is 67.2 Å². The van der Waals surface area contributed by atoms with Gasteiger partial charge >= 0.3 is 0 Å². The molecule has 2 aromatic rings. The average molecular weight is 419 g/mol. The number of hydrogen-bond acceptors (Lipinski definition) is 6. The molecular weight excluding hydrogens is 388 g/mol. The number of benzene rings is 1. The molecule has 0 aliphatic carbocycles. The van der Waals surface area contributed by atoms with E-state index < -0.39 is 0 Å². The van der Waals surface area contributed by atoms with Crippen LogP contribution in [0.15, 0.2) is 24.3 Å². The number of para-hydroxylation sites is 1. The molecule has 0 spiro atoms. The van der Waals surface area contributed by atoms with E-state index in [1.165, 1.54) is 50.6 Å². The monoisotopic (exact) mass is 418 g/mol. The predicted molar refractivity (Wildman–Crippen MR) is 116 cm³/mol. The van der Waals surface area contributed by atoms with E-state index in [1.807, 2.05) is 0 Å². The first-order valence-corrected chi connectivity index (χ1v) is 11.0. The summed E-state index contributed by atoms with van der Waals surface area (Å²) in [5.41, 5.74) is 0.443. The highest BCUT2D eigenvalue weighted by Gasteiger charge is 2.12. The maximum atomic E-state index is 12.2. The second-order valence-electron chi connectivity index (χ2n) is 6.77. The van der Waals surface area contributed by atoms with Crippen LogP contribution >= 0.6 is 11.3 Å². The van der Waals surface area contributed by atoms with Crippen LogP contribution in [0.2, 0.25) is 0 Å². The van der Waals surface area contributed by atoms with E-state index in [9.17, 15) is 9.59 Å². The molecule has 0 aliphatic rings. The molecule has 0 fully saturated rings. The molecule has 1 heterocycles. The van der Waals surface area contributed by atoms with Gasteiger partial charge in [-0.2, -0.15) is 0 Å². The molecule has 2 amide bonds. The lowest BCUT2D eigenvalue weighted by atomic mass is 10.1. The molecule has 0 bridgehead atoms. The molecule has 0 unspecified atom stereocenters. The van der Waals surface area contributed by atoms with Gasteiger partial charge in [-0.1, -0.05) is 62.5 Å². The molecule has 1 aromatic carbocycles. The first kappa shape index (κ1) is 22.8. The van der Waals surface area contributed by atoms with Crippen molar-refractivity contribution in [3.63, 3.8) is 0 Å². The highest BCUT2D eigenvalue weighted by atomic mass is 32.1. The van der Waals surface area contributed by atoms with Gasteiger partial charge in [-0.3, -0.25) is 9.59 Å². The van der Waals surface area contributed by atoms with Crippen molar-refractivity contribution < 1.29 is 14.3 Å². The van der Waals surface area contributed by atoms with Crippen molar-refractivity contribution in [2.24, 2.45) is 0 Å². The third-order valence-electron chi connectivity index (χ3n) is 4.45. The number of nitrogens with zero attached hydrogens (tertiary/aromatic N) is 2. The number of carbonyl (C=O) groups is 2. The third-order valence-corrected chi connectivity index (χ3v) is 5.35. The highest BCUT2D eigenvalue weighted by Crippen LogP contribution is 2.19. The van der Waals surface area contributed by atoms with Crippen molar-refractivity contribution >= 4 is 28.3 Å². The maximum Gasteiger partial charge on any atom is 0.255 e. The summed E-state index contributed by atoms with van der Waals surface area (Å²) in [6.45, 7) is 2.44. The topological polar surface area (TPSA) is 93.2 Å². The average Bonchev–Trinajstić information content (AvgIpc) is 3.17. The minimum atomic E-state index is -0.271. The molecule has 1 aromatic heterocycles. The number of aryl methyl sites for hydroxylation is 1. The summed E-state index contributed by atoms with van der Waals surface area (Å²) in [4.78, 5) is 24.3. The molecule has 0 saturated heterocycles. The minimum absolute atomic E-state index is 0.160. The fraction of sp³-hybridized carbons (Fsp3) is 0.524. The molecule has 2 rings (SSSR count). The number of carbonyl (C=O) groups excluding carboxylic acids is 2. The summed E-state index contributed by atoms with van der Waals surface area (Å²) >= 11 is 1.41. The van der Waals surface area contributed by atoms with Gasteiger partial charge < -0.3 is 15.4 Å². The standard InChI is InChI=1S/C21H30N4O3S/c1-3-4-5-6-7-8-13-19-24-25-21(29-19)23-18(26)14-15-22-20(27)16-11-9-10-12-17(16)28-2/h9-12H,3-8,13-15H2,1-2H3,(H,22,27)(H,23,25,26). The largest absolute Gasteiger partial charge is 0.496 e. The zero-order chi connectivity index (χ0) is 20.9. The Morgan fingerprint density at radius 2 is 1.83 bits per heavy atom. The SMILES string of the molecule is CCCCCCCCc1nnc(NC(=O)CCNC(=O)c2ccccc2OC)s1. The molecule has 0 saturated carbocycles. The van der Waals surface area contributed by atoms with E-state index in [1.54, 1.807) is 24.3 Å². The Hall–Kier alpha value is -2.48. The number of unbranched alkanes of at least 4 members (excludes halogenated alkanes) is 5. The van der Waals surface area contributed by atoms with Gasteiger partial charge in [0.1, 0.15) is 10.8 Å². The Kier molecular flexibility index (Phi) is 10.1. The van der Waals surface area contributed by atoms with Crippen LogP contribution in [0, 0.1) is 0 Å². The minimum Gasteiger partial charge on any atom is -0.496 e. The van der Waals surface area contributed by atoms with Gasteiger partial charge in [0.25, 0.3) is 5.91 Å². The van der Waals surface area contributed by atoms with Crippen LogP contribution in [0.3, 0.4) is 0 Å². The van der Waals surface area contributed by atoms with Crippen LogP contribution in [0.5, 0.6) is 5.75 Å². The number of aromatic nitrogens is 2. The van der Waals surface area contributed by atoms with E-state index in [0.29, 0.717) is 16.4 Å². The molecule has 0 atom stereocenters. The second kappa shape index (κ2) is 12.9. The number of nitrogens with one attached hydrogen (secondary N) is 2. The fourth-order valence-corrected chi connectivity index (χ4v) is 3.66. The predicted octanol–water partition coefficient (Wildman–Crippen LogP) is 4.21. The molecule has 2 N–H and O–H groups in total. The Morgan fingerprint density at radius 3 is 2.62 bits per heavy atom. The number of rotatable bonds is 13. The fourth-order valence-electron chi connectivity index (χ4n) is 2.86. The van der Waals surface area contributed by atoms with Gasteiger partial charge in [0.05, 0.1) is 12.7 Å². The van der Waals surface area contributed by atoms with Gasteiger partial charge in [0.2, 0.25) is 11.0 Å². The quantitative estimate of drug-likeness (QED) is 0.475. The van der Waals surface area contributed by atoms with E-state index >= 15 is 0 Å². The van der Waals surface area contributed by atoms with Gasteiger partial charge in [-0.05, 0) is 18.6 Å². The Morgan fingerprint density at radius 1 is 1.07 bits per heavy atom. The first-order valence-electron chi connectivity index (χ1n) is 10.2. The van der Waals surface area contributed by atoms with Crippen molar-refractivity contribution in [2.75, 3.05) is 19.0 Å². The van der Waals surface area contributed by atoms with Crippen LogP contribution in [-0.4, -0.2) is 35.7 Å². The van der Waals surface area contributed by atoms with Crippen molar-refractivity contribution in [1.29, 1.82) is 0 Å². The van der Waals surface area contributed by atoms with E-state index in [2.05, 4.69) is 27.8 Å². The summed E-state index contributed by atoms with van der Waals surface area (Å²) in [6.07, 6.45) is 8.46. The zero-order valence-corrected chi connectivity index (χ0v) is 18.0. The van der Waals surface area contributed by atoms with E-state index in [4.69, 9.17) is 4.74 Å². The molecular formula is C21H30N4O3S. The van der Waals surface area contributed by atoms with Crippen molar-refractivity contribution in [3.05, 3.63) is 34.8 Å². The van der Waals surface area contributed by atoms with Crippen molar-refractivity contribution in [1.82, 2.24) is 15.5 Å². The lowest BCUT2D eigenvalue weighted by Crippen LogP contribution is -2.28. The van der Waals surface area contributed by atoms with Crippen LogP contribution in [-0.2, 0) is 11.2 Å². The number of methoxy groups -OCH3 is 1. The summed E-state index contributed by atoms with van der Waals surface area (Å²) in [5, 5.41) is 15.1. The highest BCUT2D eigenvalue weighted by molar-refractivity contribution is 7.15. The number of anilines is 1. The molecule has 0 radical (unpaired) electrons. The Balaban J connectivity index is 1.66. The molecule has 158 valence electrons. The number of ether oxygens (including phenoxy) is 1. The van der Waals surface area contributed by atoms with E-state index in [0.717, 1.165) is 17.8 Å². The lowest BCUT2D eigenvalue weighted by Gasteiger charge is -2.08. The number of amides is 2. The molecule has 0 aliphatic heterocycles. The number of hydrogen-bond donors (Lipinski definition) is 2. The molecule has 7 nitrogen and oxygen atoms in total. The summed E-state index contributed by atoms with van der Waals surface area (Å²) in [5.74, 6) is 0.0289. The van der Waals surface area contributed by atoms with Crippen LogP contribution in [0.25, 0.3) is 0 Å². The molecule has 29 heavy (non-hydrogen) atoms. The van der Waals surface area contributed by atoms with Gasteiger partial charge in [0.15, 0.2) is 0 Å². The smallest absolute Gasteiger partial charge is 0.255 e. The zero-order valence-electron chi connectivity index (χ0n) is 17.2. The van der Waals surface area contributed by atoms with Crippen molar-refractivity contribution in [2.45, 2.75) is 58.3 Å². The normalized spacial score (nSPS) is 10.6. The second-order valence-corrected chi connectivity index (χ2v) is 7.84. The Labute approximate surface area is 176 Å². The molecule has 8 heteroatoms. The van der Waals surface area contributed by atoms with Gasteiger partial charge in [-0.25, -0.2) is 0 Å². The summed E-state index contributed by atoms with van der Waals surface area (Å²) in [6, 6.07) is 6.97. The van der Waals surface area contributed by atoms with Gasteiger partial charge in [0, 0.05) is 19.4 Å². The summed E-state index contributed by atoms with van der Waals surface area (Å²) in [7, 11) is 1.52. The lowest BCUT2D eigenvalue weighted by molar-refractivity contribution is -0.116. The van der Waals surface area contributed by atoms with Crippen molar-refractivity contribution in [3.8, 4) is 5.75 Å². The first-order chi connectivity index (χ1) is 14.1. The van der Waals surface area contributed by atoms with E-state index in [-0.39, 0.29) is 24.8 Å². The Bertz CT molecular complexity index is 779. The van der Waals surface area contributed by atoms with Crippen LogP contribution < -0.4 is 15.4 Å².